The Hall–Kier alpha value is -2.59. The number of benzene rings is 1. The number of allylic oxidation sites excluding steroid dienone is 2. The van der Waals surface area contributed by atoms with Gasteiger partial charge in [0.15, 0.2) is 5.78 Å². The maximum atomic E-state index is 12.9. The van der Waals surface area contributed by atoms with Crippen molar-refractivity contribution in [2.45, 2.75) is 57.1 Å². The van der Waals surface area contributed by atoms with Gasteiger partial charge >= 0.3 is 0 Å². The van der Waals surface area contributed by atoms with Crippen molar-refractivity contribution >= 4 is 23.3 Å². The third-order valence-electron chi connectivity index (χ3n) is 10.8. The summed E-state index contributed by atoms with van der Waals surface area (Å²) < 4.78 is 6.14. The molecule has 5 fully saturated rings. The van der Waals surface area contributed by atoms with Gasteiger partial charge in [0.25, 0.3) is 0 Å². The average Bonchev–Trinajstić information content (AvgIpc) is 3.82. The Kier molecular flexibility index (Phi) is 7.94. The molecule has 2 unspecified atom stereocenters. The number of imide groups is 1. The van der Waals surface area contributed by atoms with Crippen molar-refractivity contribution in [3.8, 4) is 0 Å². The first-order valence-electron chi connectivity index (χ1n) is 16.2. The fourth-order valence-corrected chi connectivity index (χ4v) is 8.17. The first-order valence-corrected chi connectivity index (χ1v) is 16.2. The molecule has 9 nitrogen and oxygen atoms in total. The van der Waals surface area contributed by atoms with Crippen LogP contribution in [-0.4, -0.2) is 98.6 Å². The molecule has 1 aromatic carbocycles. The molecule has 1 aliphatic carbocycles. The minimum atomic E-state index is -0.232. The normalized spacial score (nSPS) is 30.2. The second kappa shape index (κ2) is 11.8. The van der Waals surface area contributed by atoms with Gasteiger partial charge in [0.1, 0.15) is 5.72 Å². The van der Waals surface area contributed by atoms with E-state index >= 15 is 0 Å². The van der Waals surface area contributed by atoms with Gasteiger partial charge in [-0.05, 0) is 93.8 Å². The minimum Gasteiger partial charge on any atom is -0.369 e. The first kappa shape index (κ1) is 28.2. The van der Waals surface area contributed by atoms with E-state index in [1.165, 1.54) is 51.0 Å². The molecule has 2 N–H and O–H groups in total. The highest BCUT2D eigenvalue weighted by molar-refractivity contribution is 6.07. The van der Waals surface area contributed by atoms with Gasteiger partial charge in [0.2, 0.25) is 11.8 Å². The molecule has 6 aliphatic rings. The lowest BCUT2D eigenvalue weighted by Gasteiger charge is -2.42. The molecule has 5 aliphatic heterocycles. The fourth-order valence-electron chi connectivity index (χ4n) is 8.17. The molecule has 0 saturated carbocycles. The topological polar surface area (TPSA) is 97.5 Å². The number of ketones is 1. The van der Waals surface area contributed by atoms with Crippen molar-refractivity contribution in [3.63, 3.8) is 0 Å². The lowest BCUT2D eigenvalue weighted by atomic mass is 9.83. The number of amides is 2. The molecule has 0 aromatic heterocycles. The van der Waals surface area contributed by atoms with E-state index in [1.54, 1.807) is 6.08 Å². The highest BCUT2D eigenvalue weighted by Crippen LogP contribution is 2.44. The second-order valence-electron chi connectivity index (χ2n) is 13.4. The predicted octanol–water partition coefficient (Wildman–Crippen LogP) is 2.35. The van der Waals surface area contributed by atoms with E-state index in [2.05, 4.69) is 37.5 Å². The Morgan fingerprint density at radius 1 is 0.929 bits per heavy atom. The Labute approximate surface area is 249 Å². The van der Waals surface area contributed by atoms with Gasteiger partial charge < -0.3 is 15.0 Å². The number of epoxide rings is 1. The molecule has 2 amide bonds. The average molecular weight is 576 g/mol. The number of anilines is 1. The van der Waals surface area contributed by atoms with E-state index < -0.39 is 0 Å². The zero-order valence-electron chi connectivity index (χ0n) is 24.7. The smallest absolute Gasteiger partial charge is 0.229 e. The van der Waals surface area contributed by atoms with Gasteiger partial charge in [-0.1, -0.05) is 5.57 Å². The molecule has 9 heteroatoms. The third-order valence-corrected chi connectivity index (χ3v) is 10.8. The predicted molar refractivity (Wildman–Crippen MR) is 160 cm³/mol. The summed E-state index contributed by atoms with van der Waals surface area (Å²) in [7, 11) is 0. The lowest BCUT2D eigenvalue weighted by Crippen LogP contribution is -2.52. The summed E-state index contributed by atoms with van der Waals surface area (Å²) in [4.78, 5) is 44.4. The number of hydrogen-bond donors (Lipinski definition) is 2. The highest BCUT2D eigenvalue weighted by atomic mass is 16.6. The molecule has 5 saturated heterocycles. The number of nitrogens with one attached hydrogen (secondary N) is 2. The molecule has 0 spiro atoms. The molecule has 226 valence electrons. The number of carbonyl (C=O) groups excluding carboxylic acids is 3. The molecule has 0 bridgehead atoms. The van der Waals surface area contributed by atoms with E-state index in [-0.39, 0.29) is 29.2 Å². The monoisotopic (exact) mass is 575 g/mol. The third kappa shape index (κ3) is 5.81. The summed E-state index contributed by atoms with van der Waals surface area (Å²) >= 11 is 0. The zero-order chi connectivity index (χ0) is 28.7. The molecule has 42 heavy (non-hydrogen) atoms. The van der Waals surface area contributed by atoms with Gasteiger partial charge in [0, 0.05) is 75.3 Å². The number of hydrogen-bond acceptors (Lipinski definition) is 8. The standard InChI is InChI=1S/C33H45N5O4/c39-30-19-24(17-25-1-4-31(40)35-32(25)41)18-26-20-28(2-3-29(26)30)37-15-13-36(14-16-37)21-23-7-11-38(12-8-23)33(22-42-33)27-5-9-34-10-6-27/h2-3,19-20,23,25,27,34H,1,4-18,21-22H2,(H,35,40,41). The minimum absolute atomic E-state index is 0.0240. The number of piperidine rings is 3. The van der Waals surface area contributed by atoms with Gasteiger partial charge in [-0.25, -0.2) is 0 Å². The van der Waals surface area contributed by atoms with Crippen LogP contribution >= 0.6 is 0 Å². The Balaban J connectivity index is 0.892. The number of fused-ring (bicyclic) bond motifs is 1. The van der Waals surface area contributed by atoms with Crippen LogP contribution in [0.25, 0.3) is 0 Å². The molecule has 1 aromatic rings. The molecule has 0 radical (unpaired) electrons. The number of piperazine rings is 1. The van der Waals surface area contributed by atoms with Crippen molar-refractivity contribution < 1.29 is 19.1 Å². The quantitative estimate of drug-likeness (QED) is 0.378. The number of likely N-dealkylation sites (tertiary alicyclic amines) is 1. The van der Waals surface area contributed by atoms with Crippen molar-refractivity contribution in [2.24, 2.45) is 17.8 Å². The highest BCUT2D eigenvalue weighted by Gasteiger charge is 2.56. The van der Waals surface area contributed by atoms with Crippen LogP contribution in [0.5, 0.6) is 0 Å². The SMILES string of the molecule is O=C1CCC(CC2=CC(=O)c3ccc(N4CCN(CC5CCN(C6(C7CCNCC7)CO6)CC5)CC4)cc3C2)C(=O)N1. The van der Waals surface area contributed by atoms with Crippen LogP contribution in [0, 0.1) is 17.8 Å². The summed E-state index contributed by atoms with van der Waals surface area (Å²) in [5, 5.41) is 5.94. The summed E-state index contributed by atoms with van der Waals surface area (Å²) in [5.74, 6) is 0.843. The molecular weight excluding hydrogens is 530 g/mol. The summed E-state index contributed by atoms with van der Waals surface area (Å²) in [5.41, 5.74) is 4.06. The number of ether oxygens (including phenoxy) is 1. The van der Waals surface area contributed by atoms with Crippen LogP contribution in [-0.2, 0) is 20.7 Å². The summed E-state index contributed by atoms with van der Waals surface area (Å²) in [6.45, 7) is 10.8. The maximum Gasteiger partial charge on any atom is 0.229 e. The zero-order valence-corrected chi connectivity index (χ0v) is 24.7. The van der Waals surface area contributed by atoms with Crippen LogP contribution in [0.4, 0.5) is 5.69 Å². The van der Waals surface area contributed by atoms with Crippen molar-refractivity contribution in [1.82, 2.24) is 20.4 Å². The number of carbonyl (C=O) groups is 3. The van der Waals surface area contributed by atoms with E-state index in [9.17, 15) is 14.4 Å². The van der Waals surface area contributed by atoms with Crippen LogP contribution in [0.2, 0.25) is 0 Å². The fraction of sp³-hybridized carbons (Fsp3) is 0.667. The number of nitrogens with zero attached hydrogens (tertiary/aromatic N) is 3. The summed E-state index contributed by atoms with van der Waals surface area (Å²) in [6.07, 6.45) is 8.88. The Bertz CT molecular complexity index is 1240. The molecule has 5 heterocycles. The van der Waals surface area contributed by atoms with Crippen LogP contribution in [0.1, 0.15) is 60.9 Å². The lowest BCUT2D eigenvalue weighted by molar-refractivity contribution is -0.136. The van der Waals surface area contributed by atoms with E-state index in [1.807, 2.05) is 6.07 Å². The van der Waals surface area contributed by atoms with E-state index in [0.29, 0.717) is 31.6 Å². The Morgan fingerprint density at radius 2 is 1.69 bits per heavy atom. The molecular formula is C33H45N5O4. The van der Waals surface area contributed by atoms with E-state index in [0.717, 1.165) is 68.5 Å². The second-order valence-corrected chi connectivity index (χ2v) is 13.4. The van der Waals surface area contributed by atoms with Gasteiger partial charge in [-0.15, -0.1) is 0 Å². The van der Waals surface area contributed by atoms with Crippen molar-refractivity contribution in [1.29, 1.82) is 0 Å². The van der Waals surface area contributed by atoms with Crippen LogP contribution < -0.4 is 15.5 Å². The van der Waals surface area contributed by atoms with E-state index in [4.69, 9.17) is 4.74 Å². The first-order chi connectivity index (χ1) is 20.5. The summed E-state index contributed by atoms with van der Waals surface area (Å²) in [6, 6.07) is 6.26. The van der Waals surface area contributed by atoms with Gasteiger partial charge in [-0.3, -0.25) is 29.5 Å². The van der Waals surface area contributed by atoms with Crippen LogP contribution in [0.3, 0.4) is 0 Å². The molecule has 7 rings (SSSR count). The largest absolute Gasteiger partial charge is 0.369 e. The van der Waals surface area contributed by atoms with Crippen molar-refractivity contribution in [3.05, 3.63) is 41.0 Å². The van der Waals surface area contributed by atoms with Gasteiger partial charge in [0.05, 0.1) is 6.61 Å². The Morgan fingerprint density at radius 3 is 2.40 bits per heavy atom. The molecule has 2 atom stereocenters. The van der Waals surface area contributed by atoms with Crippen LogP contribution in [0.15, 0.2) is 29.8 Å². The maximum absolute atomic E-state index is 12.9. The number of rotatable bonds is 7. The van der Waals surface area contributed by atoms with Gasteiger partial charge in [-0.2, -0.15) is 0 Å². The van der Waals surface area contributed by atoms with Crippen molar-refractivity contribution in [2.75, 3.05) is 70.4 Å².